The van der Waals surface area contributed by atoms with E-state index in [1.807, 2.05) is 0 Å². The number of carbonyl (C=O) groups excluding carboxylic acids is 2. The summed E-state index contributed by atoms with van der Waals surface area (Å²) in [6.07, 6.45) is 0. The van der Waals surface area contributed by atoms with Gasteiger partial charge in [-0.3, -0.25) is 19.7 Å². The van der Waals surface area contributed by atoms with Gasteiger partial charge in [0.1, 0.15) is 5.02 Å². The van der Waals surface area contributed by atoms with Crippen molar-refractivity contribution in [3.05, 3.63) is 37.9 Å². The first kappa shape index (κ1) is 15.2. The molecule has 0 spiro atoms. The number of amides is 2. The number of nitrogens with zero attached hydrogens (tertiary/aromatic N) is 1. The van der Waals surface area contributed by atoms with Crippen LogP contribution in [0.3, 0.4) is 0 Å². The summed E-state index contributed by atoms with van der Waals surface area (Å²) in [6, 6.07) is 2.18. The van der Waals surface area contributed by atoms with Crippen LogP contribution in [0.1, 0.15) is 10.4 Å². The van der Waals surface area contributed by atoms with Crippen LogP contribution in [0.5, 0.6) is 0 Å². The Morgan fingerprint density at radius 2 is 2.00 bits per heavy atom. The van der Waals surface area contributed by atoms with Gasteiger partial charge in [-0.25, -0.2) is 0 Å². The van der Waals surface area contributed by atoms with Gasteiger partial charge in [0.05, 0.1) is 16.5 Å². The SMILES string of the molecule is CNC(=O)CNC(=O)c1cc(Cl)c(Cl)c([N+](=O)[O-])c1. The predicted octanol–water partition coefficient (Wildman–Crippen LogP) is 1.38. The molecule has 0 atom stereocenters. The molecule has 0 bridgehead atoms. The number of likely N-dealkylation sites (N-methyl/N-ethyl adjacent to an activating group) is 1. The first-order chi connectivity index (χ1) is 8.86. The molecule has 7 nitrogen and oxygen atoms in total. The summed E-state index contributed by atoms with van der Waals surface area (Å²) in [5.41, 5.74) is -0.524. The number of halogens is 2. The maximum absolute atomic E-state index is 11.7. The van der Waals surface area contributed by atoms with E-state index in [9.17, 15) is 19.7 Å². The van der Waals surface area contributed by atoms with E-state index in [1.54, 1.807) is 0 Å². The molecule has 0 aliphatic carbocycles. The molecule has 0 unspecified atom stereocenters. The van der Waals surface area contributed by atoms with Crippen LogP contribution >= 0.6 is 23.2 Å². The Kier molecular flexibility index (Phi) is 5.08. The van der Waals surface area contributed by atoms with Gasteiger partial charge in [0.15, 0.2) is 0 Å². The minimum absolute atomic E-state index is 0.0509. The normalized spacial score (nSPS) is 9.84. The van der Waals surface area contributed by atoms with Crippen molar-refractivity contribution in [2.75, 3.05) is 13.6 Å². The highest BCUT2D eigenvalue weighted by Gasteiger charge is 2.20. The molecule has 1 rings (SSSR count). The Labute approximate surface area is 118 Å². The van der Waals surface area contributed by atoms with Gasteiger partial charge in [-0.1, -0.05) is 23.2 Å². The van der Waals surface area contributed by atoms with E-state index in [0.29, 0.717) is 0 Å². The first-order valence-electron chi connectivity index (χ1n) is 4.99. The number of hydrogen-bond acceptors (Lipinski definition) is 4. The minimum Gasteiger partial charge on any atom is -0.358 e. The van der Waals surface area contributed by atoms with E-state index < -0.39 is 22.4 Å². The zero-order valence-corrected chi connectivity index (χ0v) is 11.2. The summed E-state index contributed by atoms with van der Waals surface area (Å²) < 4.78 is 0. The van der Waals surface area contributed by atoms with Crippen LogP contribution in [0.15, 0.2) is 12.1 Å². The van der Waals surface area contributed by atoms with Gasteiger partial charge < -0.3 is 10.6 Å². The predicted molar refractivity (Wildman–Crippen MR) is 69.5 cm³/mol. The lowest BCUT2D eigenvalue weighted by molar-refractivity contribution is -0.384. The molecule has 102 valence electrons. The average Bonchev–Trinajstić information content (AvgIpc) is 2.37. The van der Waals surface area contributed by atoms with E-state index in [4.69, 9.17) is 23.2 Å². The molecular weight excluding hydrogens is 297 g/mol. The molecule has 19 heavy (non-hydrogen) atoms. The maximum Gasteiger partial charge on any atom is 0.290 e. The maximum atomic E-state index is 11.7. The number of nitro groups is 1. The molecule has 0 fully saturated rings. The molecule has 0 aromatic heterocycles. The fourth-order valence-electron chi connectivity index (χ4n) is 1.19. The zero-order chi connectivity index (χ0) is 14.6. The van der Waals surface area contributed by atoms with Crippen molar-refractivity contribution in [2.45, 2.75) is 0 Å². The van der Waals surface area contributed by atoms with Crippen molar-refractivity contribution in [1.29, 1.82) is 0 Å². The van der Waals surface area contributed by atoms with E-state index in [2.05, 4.69) is 10.6 Å². The van der Waals surface area contributed by atoms with Gasteiger partial charge in [0, 0.05) is 18.7 Å². The molecular formula is C10H9Cl2N3O4. The Morgan fingerprint density at radius 1 is 1.37 bits per heavy atom. The zero-order valence-electron chi connectivity index (χ0n) is 9.70. The van der Waals surface area contributed by atoms with Crippen LogP contribution in [0.25, 0.3) is 0 Å². The molecule has 0 aliphatic rings. The van der Waals surface area contributed by atoms with Crippen LogP contribution in [-0.2, 0) is 4.79 Å². The fourth-order valence-corrected chi connectivity index (χ4v) is 1.58. The Bertz CT molecular complexity index is 548. The Morgan fingerprint density at radius 3 is 2.53 bits per heavy atom. The Hall–Kier alpha value is -1.86. The third-order valence-corrected chi connectivity index (χ3v) is 2.95. The second-order valence-corrected chi connectivity index (χ2v) is 4.19. The topological polar surface area (TPSA) is 101 Å². The molecule has 9 heteroatoms. The van der Waals surface area contributed by atoms with Crippen molar-refractivity contribution in [3.8, 4) is 0 Å². The van der Waals surface area contributed by atoms with Crippen molar-refractivity contribution < 1.29 is 14.5 Å². The number of rotatable bonds is 4. The first-order valence-corrected chi connectivity index (χ1v) is 5.74. The van der Waals surface area contributed by atoms with E-state index in [1.165, 1.54) is 13.1 Å². The molecule has 0 aliphatic heterocycles. The lowest BCUT2D eigenvalue weighted by Crippen LogP contribution is -2.35. The van der Waals surface area contributed by atoms with E-state index in [-0.39, 0.29) is 22.2 Å². The second kappa shape index (κ2) is 6.35. The monoisotopic (exact) mass is 305 g/mol. The van der Waals surface area contributed by atoms with Crippen molar-refractivity contribution >= 4 is 40.7 Å². The fraction of sp³-hybridized carbons (Fsp3) is 0.200. The smallest absolute Gasteiger partial charge is 0.290 e. The second-order valence-electron chi connectivity index (χ2n) is 3.40. The van der Waals surface area contributed by atoms with Crippen molar-refractivity contribution in [2.24, 2.45) is 0 Å². The van der Waals surface area contributed by atoms with Gasteiger partial charge >= 0.3 is 0 Å². The molecule has 1 aromatic carbocycles. The summed E-state index contributed by atoms with van der Waals surface area (Å²) in [6.45, 7) is -0.247. The average molecular weight is 306 g/mol. The van der Waals surface area contributed by atoms with Gasteiger partial charge in [-0.05, 0) is 6.07 Å². The molecule has 2 amide bonds. The van der Waals surface area contributed by atoms with Crippen molar-refractivity contribution in [1.82, 2.24) is 10.6 Å². The minimum atomic E-state index is -0.746. The molecule has 2 N–H and O–H groups in total. The van der Waals surface area contributed by atoms with Gasteiger partial charge in [-0.2, -0.15) is 0 Å². The molecule has 0 heterocycles. The summed E-state index contributed by atoms with van der Waals surface area (Å²) in [4.78, 5) is 32.6. The standard InChI is InChI=1S/C10H9Cl2N3O4/c1-13-8(16)4-14-10(17)5-2-6(11)9(12)7(3-5)15(18)19/h2-3H,4H2,1H3,(H,13,16)(H,14,17). The summed E-state index contributed by atoms with van der Waals surface area (Å²) in [7, 11) is 1.42. The Balaban J connectivity index is 2.98. The van der Waals surface area contributed by atoms with Gasteiger partial charge in [-0.15, -0.1) is 0 Å². The molecule has 0 saturated carbocycles. The van der Waals surface area contributed by atoms with Crippen LogP contribution in [0.2, 0.25) is 10.0 Å². The molecule has 0 saturated heterocycles. The van der Waals surface area contributed by atoms with Crippen LogP contribution in [0.4, 0.5) is 5.69 Å². The number of carbonyl (C=O) groups is 2. The highest BCUT2D eigenvalue weighted by atomic mass is 35.5. The summed E-state index contributed by atoms with van der Waals surface area (Å²) in [5, 5.41) is 15.0. The molecule has 1 aromatic rings. The highest BCUT2D eigenvalue weighted by Crippen LogP contribution is 2.32. The van der Waals surface area contributed by atoms with Crippen molar-refractivity contribution in [3.63, 3.8) is 0 Å². The number of nitro benzene ring substituents is 1. The van der Waals surface area contributed by atoms with Crippen LogP contribution < -0.4 is 10.6 Å². The number of nitrogens with one attached hydrogen (secondary N) is 2. The largest absolute Gasteiger partial charge is 0.358 e. The highest BCUT2D eigenvalue weighted by molar-refractivity contribution is 6.43. The van der Waals surface area contributed by atoms with Crippen LogP contribution in [0, 0.1) is 10.1 Å². The third-order valence-electron chi connectivity index (χ3n) is 2.16. The number of hydrogen-bond donors (Lipinski definition) is 2. The number of benzene rings is 1. The third kappa shape index (κ3) is 3.80. The van der Waals surface area contributed by atoms with Gasteiger partial charge in [0.2, 0.25) is 5.91 Å². The van der Waals surface area contributed by atoms with E-state index >= 15 is 0 Å². The lowest BCUT2D eigenvalue weighted by Gasteiger charge is -2.06. The molecule has 0 radical (unpaired) electrons. The van der Waals surface area contributed by atoms with Gasteiger partial charge in [0.25, 0.3) is 11.6 Å². The lowest BCUT2D eigenvalue weighted by atomic mass is 10.2. The summed E-state index contributed by atoms with van der Waals surface area (Å²) >= 11 is 11.3. The van der Waals surface area contributed by atoms with E-state index in [0.717, 1.165) is 6.07 Å². The summed E-state index contributed by atoms with van der Waals surface area (Å²) in [5.74, 6) is -1.06. The van der Waals surface area contributed by atoms with Crippen LogP contribution in [-0.4, -0.2) is 30.3 Å². The quantitative estimate of drug-likeness (QED) is 0.648.